The zero-order valence-electron chi connectivity index (χ0n) is 9.57. The van der Waals surface area contributed by atoms with Crippen molar-refractivity contribution in [2.75, 3.05) is 0 Å². The van der Waals surface area contributed by atoms with Crippen LogP contribution >= 0.6 is 11.6 Å². The van der Waals surface area contributed by atoms with E-state index in [0.29, 0.717) is 6.10 Å². The van der Waals surface area contributed by atoms with Crippen LogP contribution in [0.2, 0.25) is 0 Å². The van der Waals surface area contributed by atoms with E-state index in [1.54, 1.807) is 0 Å². The fraction of sp³-hybridized carbons (Fsp3) is 0.571. The van der Waals surface area contributed by atoms with Crippen LogP contribution in [-0.2, 0) is 11.2 Å². The Morgan fingerprint density at radius 3 is 2.50 bits per heavy atom. The molecular formula is C14H19ClO. The molecule has 1 atom stereocenters. The Morgan fingerprint density at radius 1 is 1.12 bits per heavy atom. The van der Waals surface area contributed by atoms with Crippen LogP contribution in [0.3, 0.4) is 0 Å². The molecule has 0 radical (unpaired) electrons. The Labute approximate surface area is 103 Å². The van der Waals surface area contributed by atoms with E-state index in [9.17, 15) is 0 Å². The largest absolute Gasteiger partial charge is 0.359 e. The summed E-state index contributed by atoms with van der Waals surface area (Å²) in [5.41, 5.74) is 1.07. The Morgan fingerprint density at radius 2 is 1.81 bits per heavy atom. The van der Waals surface area contributed by atoms with E-state index in [2.05, 4.69) is 12.1 Å². The lowest BCUT2D eigenvalue weighted by molar-refractivity contribution is 0.00915. The highest BCUT2D eigenvalue weighted by Crippen LogP contribution is 2.23. The van der Waals surface area contributed by atoms with Crippen molar-refractivity contribution in [1.82, 2.24) is 0 Å². The molecule has 0 aliphatic heterocycles. The van der Waals surface area contributed by atoms with Gasteiger partial charge in [0, 0.05) is 6.42 Å². The number of halogens is 1. The van der Waals surface area contributed by atoms with Gasteiger partial charge in [0.25, 0.3) is 0 Å². The second kappa shape index (κ2) is 6.27. The first-order chi connectivity index (χ1) is 7.84. The van der Waals surface area contributed by atoms with Gasteiger partial charge in [-0.15, -0.1) is 0 Å². The summed E-state index contributed by atoms with van der Waals surface area (Å²) in [6.07, 6.45) is 7.49. The first-order valence-corrected chi connectivity index (χ1v) is 6.62. The van der Waals surface area contributed by atoms with Crippen molar-refractivity contribution in [2.24, 2.45) is 0 Å². The molecule has 2 heteroatoms. The van der Waals surface area contributed by atoms with Crippen LogP contribution in [0, 0.1) is 0 Å². The van der Waals surface area contributed by atoms with Gasteiger partial charge in [-0.05, 0) is 18.4 Å². The van der Waals surface area contributed by atoms with Gasteiger partial charge in [-0.2, -0.15) is 0 Å². The van der Waals surface area contributed by atoms with Crippen molar-refractivity contribution in [3.8, 4) is 0 Å². The number of hydrogen-bond acceptors (Lipinski definition) is 1. The summed E-state index contributed by atoms with van der Waals surface area (Å²) < 4.78 is 5.86. The van der Waals surface area contributed by atoms with E-state index in [1.807, 2.05) is 18.2 Å². The number of hydrogen-bond donors (Lipinski definition) is 0. The van der Waals surface area contributed by atoms with E-state index in [1.165, 1.54) is 37.7 Å². The van der Waals surface area contributed by atoms with Crippen molar-refractivity contribution in [3.63, 3.8) is 0 Å². The van der Waals surface area contributed by atoms with E-state index < -0.39 is 0 Å². The van der Waals surface area contributed by atoms with Gasteiger partial charge in [0.1, 0.15) is 5.56 Å². The normalized spacial score (nSPS) is 19.6. The molecule has 0 heterocycles. The van der Waals surface area contributed by atoms with E-state index >= 15 is 0 Å². The first kappa shape index (κ1) is 11.9. The second-order valence-electron chi connectivity index (χ2n) is 4.50. The van der Waals surface area contributed by atoms with Crippen LogP contribution in [0.25, 0.3) is 0 Å². The summed E-state index contributed by atoms with van der Waals surface area (Å²) in [5, 5.41) is 0. The molecule has 0 saturated heterocycles. The zero-order chi connectivity index (χ0) is 11.2. The van der Waals surface area contributed by atoms with Gasteiger partial charge in [-0.3, -0.25) is 0 Å². The number of rotatable bonds is 4. The molecule has 2 rings (SSSR count). The summed E-state index contributed by atoms with van der Waals surface area (Å²) >= 11 is 6.23. The third kappa shape index (κ3) is 3.80. The number of ether oxygens (including phenoxy) is 1. The lowest BCUT2D eigenvalue weighted by Crippen LogP contribution is -2.22. The van der Waals surface area contributed by atoms with Crippen LogP contribution in [0.5, 0.6) is 0 Å². The predicted octanol–water partition coefficient (Wildman–Crippen LogP) is 4.14. The lowest BCUT2D eigenvalue weighted by atomic mass is 9.98. The lowest BCUT2D eigenvalue weighted by Gasteiger charge is -2.24. The average Bonchev–Trinajstić information content (AvgIpc) is 2.31. The maximum Gasteiger partial charge on any atom is 0.135 e. The van der Waals surface area contributed by atoms with Crippen LogP contribution < -0.4 is 0 Å². The smallest absolute Gasteiger partial charge is 0.135 e. The summed E-state index contributed by atoms with van der Waals surface area (Å²) in [6.45, 7) is 0. The fourth-order valence-electron chi connectivity index (χ4n) is 2.26. The monoisotopic (exact) mass is 238 g/mol. The van der Waals surface area contributed by atoms with Gasteiger partial charge in [-0.25, -0.2) is 0 Å². The Hall–Kier alpha value is -0.530. The fourth-order valence-corrected chi connectivity index (χ4v) is 2.58. The molecule has 1 aromatic carbocycles. The van der Waals surface area contributed by atoms with Gasteiger partial charge in [0.05, 0.1) is 6.10 Å². The van der Waals surface area contributed by atoms with Gasteiger partial charge < -0.3 is 4.74 Å². The minimum atomic E-state index is -0.175. The highest BCUT2D eigenvalue weighted by atomic mass is 35.5. The molecular weight excluding hydrogens is 220 g/mol. The topological polar surface area (TPSA) is 9.23 Å². The predicted molar refractivity (Wildman–Crippen MR) is 67.7 cm³/mol. The quantitative estimate of drug-likeness (QED) is 0.717. The molecule has 1 saturated carbocycles. The maximum atomic E-state index is 6.23. The summed E-state index contributed by atoms with van der Waals surface area (Å²) in [6, 6.07) is 10.3. The van der Waals surface area contributed by atoms with E-state index in [0.717, 1.165) is 6.42 Å². The Bertz CT molecular complexity index is 293. The molecule has 1 fully saturated rings. The molecule has 1 unspecified atom stereocenters. The summed E-state index contributed by atoms with van der Waals surface area (Å²) in [7, 11) is 0. The van der Waals surface area contributed by atoms with Gasteiger partial charge in [0.2, 0.25) is 0 Å². The van der Waals surface area contributed by atoms with Crippen LogP contribution in [0.4, 0.5) is 0 Å². The average molecular weight is 239 g/mol. The first-order valence-electron chi connectivity index (χ1n) is 6.18. The minimum absolute atomic E-state index is 0.175. The molecule has 0 N–H and O–H groups in total. The molecule has 0 amide bonds. The van der Waals surface area contributed by atoms with E-state index in [4.69, 9.17) is 16.3 Å². The van der Waals surface area contributed by atoms with Gasteiger partial charge >= 0.3 is 0 Å². The van der Waals surface area contributed by atoms with Gasteiger partial charge in [-0.1, -0.05) is 61.2 Å². The summed E-state index contributed by atoms with van der Waals surface area (Å²) in [4.78, 5) is 0. The zero-order valence-corrected chi connectivity index (χ0v) is 10.3. The SMILES string of the molecule is ClC(Cc1ccccc1)OC1CCCCC1. The highest BCUT2D eigenvalue weighted by Gasteiger charge is 2.17. The molecule has 1 aliphatic rings. The summed E-state index contributed by atoms with van der Waals surface area (Å²) in [5.74, 6) is 0. The van der Waals surface area contributed by atoms with E-state index in [-0.39, 0.29) is 5.56 Å². The second-order valence-corrected chi connectivity index (χ2v) is 4.98. The van der Waals surface area contributed by atoms with Crippen LogP contribution in [-0.4, -0.2) is 11.7 Å². The third-order valence-electron chi connectivity index (χ3n) is 3.13. The standard InChI is InChI=1S/C14H19ClO/c15-14(11-12-7-3-1-4-8-12)16-13-9-5-2-6-10-13/h1,3-4,7-8,13-14H,2,5-6,9-11H2. The molecule has 88 valence electrons. The highest BCUT2D eigenvalue weighted by molar-refractivity contribution is 6.19. The molecule has 0 spiro atoms. The molecule has 0 bridgehead atoms. The maximum absolute atomic E-state index is 6.23. The van der Waals surface area contributed by atoms with Crippen LogP contribution in [0.1, 0.15) is 37.7 Å². The van der Waals surface area contributed by atoms with Crippen molar-refractivity contribution in [3.05, 3.63) is 35.9 Å². The number of benzene rings is 1. The van der Waals surface area contributed by atoms with Crippen molar-refractivity contribution < 1.29 is 4.74 Å². The number of alkyl halides is 1. The van der Waals surface area contributed by atoms with Gasteiger partial charge in [0.15, 0.2) is 0 Å². The molecule has 0 aromatic heterocycles. The minimum Gasteiger partial charge on any atom is -0.359 e. The van der Waals surface area contributed by atoms with Crippen LogP contribution in [0.15, 0.2) is 30.3 Å². The molecule has 16 heavy (non-hydrogen) atoms. The third-order valence-corrected chi connectivity index (χ3v) is 3.39. The molecule has 1 aliphatic carbocycles. The van der Waals surface area contributed by atoms with Crippen molar-refractivity contribution in [2.45, 2.75) is 50.2 Å². The van der Waals surface area contributed by atoms with Crippen molar-refractivity contribution >= 4 is 11.6 Å². The Kier molecular flexibility index (Phi) is 4.68. The molecule has 1 nitrogen and oxygen atoms in total. The van der Waals surface area contributed by atoms with Crippen molar-refractivity contribution in [1.29, 1.82) is 0 Å². The Balaban J connectivity index is 1.77. The molecule has 1 aromatic rings.